The molecule has 0 saturated carbocycles. The van der Waals surface area contributed by atoms with Crippen LogP contribution in [0.4, 0.5) is 8.78 Å². The van der Waals surface area contributed by atoms with E-state index in [9.17, 15) is 23.6 Å². The van der Waals surface area contributed by atoms with Gasteiger partial charge in [0.1, 0.15) is 29.6 Å². The third-order valence-electron chi connectivity index (χ3n) is 5.64. The van der Waals surface area contributed by atoms with E-state index in [0.29, 0.717) is 16.9 Å². The third-order valence-corrected chi connectivity index (χ3v) is 5.64. The largest absolute Gasteiger partial charge is 0.489 e. The lowest BCUT2D eigenvalue weighted by Gasteiger charge is -2.35. The number of nitrogens with zero attached hydrogens (tertiary/aromatic N) is 3. The van der Waals surface area contributed by atoms with Crippen LogP contribution in [-0.2, 0) is 6.61 Å². The Kier molecular flexibility index (Phi) is 6.83. The molecule has 6 nitrogen and oxygen atoms in total. The Morgan fingerprint density at radius 3 is 2.15 bits per heavy atom. The zero-order chi connectivity index (χ0) is 24.1. The molecule has 1 saturated heterocycles. The van der Waals surface area contributed by atoms with Crippen molar-refractivity contribution in [2.24, 2.45) is 0 Å². The van der Waals surface area contributed by atoms with Crippen molar-refractivity contribution in [2.75, 3.05) is 26.2 Å². The molecule has 34 heavy (non-hydrogen) atoms. The maximum absolute atomic E-state index is 14.0. The predicted molar refractivity (Wildman–Crippen MR) is 120 cm³/mol. The minimum atomic E-state index is -0.905. The molecule has 0 aliphatic carbocycles. The van der Waals surface area contributed by atoms with E-state index in [-0.39, 0.29) is 38.7 Å². The Balaban J connectivity index is 1.38. The normalized spacial score (nSPS) is 13.3. The van der Waals surface area contributed by atoms with Crippen molar-refractivity contribution < 1.29 is 23.1 Å². The van der Waals surface area contributed by atoms with Crippen LogP contribution in [0.2, 0.25) is 0 Å². The molecule has 0 radical (unpaired) electrons. The van der Waals surface area contributed by atoms with Crippen molar-refractivity contribution in [2.45, 2.75) is 6.61 Å². The fourth-order valence-electron chi connectivity index (χ4n) is 3.79. The SMILES string of the molecule is N#Cc1ccccc1COc1cccc(C(=O)N2CCN(C(=O)c3c(F)cccc3F)CC2)c1. The minimum absolute atomic E-state index is 0.166. The van der Waals surface area contributed by atoms with Crippen LogP contribution < -0.4 is 4.74 Å². The summed E-state index contributed by atoms with van der Waals surface area (Å²) < 4.78 is 33.7. The quantitative estimate of drug-likeness (QED) is 0.576. The van der Waals surface area contributed by atoms with Crippen LogP contribution in [0.3, 0.4) is 0 Å². The molecule has 3 aromatic carbocycles. The van der Waals surface area contributed by atoms with Gasteiger partial charge in [0.05, 0.1) is 11.6 Å². The molecule has 1 aliphatic heterocycles. The van der Waals surface area contributed by atoms with Crippen molar-refractivity contribution in [1.29, 1.82) is 5.26 Å². The van der Waals surface area contributed by atoms with Crippen molar-refractivity contribution in [3.63, 3.8) is 0 Å². The number of halogens is 2. The van der Waals surface area contributed by atoms with Gasteiger partial charge in [0.2, 0.25) is 0 Å². The molecule has 0 aromatic heterocycles. The number of rotatable bonds is 5. The van der Waals surface area contributed by atoms with Crippen LogP contribution in [0.15, 0.2) is 66.7 Å². The number of ether oxygens (including phenoxy) is 1. The highest BCUT2D eigenvalue weighted by Crippen LogP contribution is 2.20. The van der Waals surface area contributed by atoms with Gasteiger partial charge in [-0.25, -0.2) is 8.78 Å². The van der Waals surface area contributed by atoms with E-state index >= 15 is 0 Å². The third kappa shape index (κ3) is 4.89. The number of amides is 2. The Morgan fingerprint density at radius 2 is 1.47 bits per heavy atom. The highest BCUT2D eigenvalue weighted by atomic mass is 19.1. The lowest BCUT2D eigenvalue weighted by atomic mass is 10.1. The molecule has 1 heterocycles. The first-order valence-corrected chi connectivity index (χ1v) is 10.7. The van der Waals surface area contributed by atoms with Crippen LogP contribution in [0.25, 0.3) is 0 Å². The number of nitriles is 1. The van der Waals surface area contributed by atoms with Gasteiger partial charge >= 0.3 is 0 Å². The summed E-state index contributed by atoms with van der Waals surface area (Å²) in [5.74, 6) is -2.28. The number of hydrogen-bond acceptors (Lipinski definition) is 4. The molecule has 0 unspecified atom stereocenters. The van der Waals surface area contributed by atoms with Gasteiger partial charge in [0, 0.05) is 37.3 Å². The average molecular weight is 461 g/mol. The molecule has 2 amide bonds. The van der Waals surface area contributed by atoms with Gasteiger partial charge in [-0.05, 0) is 36.4 Å². The van der Waals surface area contributed by atoms with Crippen molar-refractivity contribution in [1.82, 2.24) is 9.80 Å². The first-order valence-electron chi connectivity index (χ1n) is 10.7. The van der Waals surface area contributed by atoms with E-state index in [0.717, 1.165) is 17.7 Å². The fourth-order valence-corrected chi connectivity index (χ4v) is 3.79. The summed E-state index contributed by atoms with van der Waals surface area (Å²) in [5.41, 5.74) is 1.11. The van der Waals surface area contributed by atoms with Crippen molar-refractivity contribution in [3.8, 4) is 11.8 Å². The second-order valence-corrected chi connectivity index (χ2v) is 7.77. The number of carbonyl (C=O) groups is 2. The summed E-state index contributed by atoms with van der Waals surface area (Å²) in [4.78, 5) is 28.5. The van der Waals surface area contributed by atoms with Gasteiger partial charge in [-0.2, -0.15) is 5.26 Å². The van der Waals surface area contributed by atoms with Gasteiger partial charge in [0.25, 0.3) is 11.8 Å². The lowest BCUT2D eigenvalue weighted by molar-refractivity contribution is 0.0529. The zero-order valence-electron chi connectivity index (χ0n) is 18.2. The molecular formula is C26H21F2N3O3. The molecule has 0 spiro atoms. The summed E-state index contributed by atoms with van der Waals surface area (Å²) in [6.45, 7) is 0.996. The van der Waals surface area contributed by atoms with Crippen LogP contribution in [0.5, 0.6) is 5.75 Å². The molecule has 0 N–H and O–H groups in total. The van der Waals surface area contributed by atoms with Crippen LogP contribution in [0, 0.1) is 23.0 Å². The second-order valence-electron chi connectivity index (χ2n) is 7.77. The number of piperazine rings is 1. The van der Waals surface area contributed by atoms with E-state index in [1.165, 1.54) is 11.0 Å². The maximum atomic E-state index is 14.0. The van der Waals surface area contributed by atoms with E-state index < -0.39 is 23.1 Å². The number of hydrogen-bond donors (Lipinski definition) is 0. The lowest BCUT2D eigenvalue weighted by Crippen LogP contribution is -2.50. The van der Waals surface area contributed by atoms with Crippen molar-refractivity contribution >= 4 is 11.8 Å². The van der Waals surface area contributed by atoms with Gasteiger partial charge < -0.3 is 14.5 Å². The highest BCUT2D eigenvalue weighted by Gasteiger charge is 2.28. The molecular weight excluding hydrogens is 440 g/mol. The molecule has 3 aromatic rings. The summed E-state index contributed by atoms with van der Waals surface area (Å²) in [6, 6.07) is 19.3. The second kappa shape index (κ2) is 10.1. The molecule has 1 fully saturated rings. The van der Waals surface area contributed by atoms with Gasteiger partial charge in [-0.3, -0.25) is 9.59 Å². The molecule has 4 rings (SSSR count). The molecule has 172 valence electrons. The summed E-state index contributed by atoms with van der Waals surface area (Å²) in [7, 11) is 0. The standard InChI is InChI=1S/C26H21F2N3O3/c27-22-9-4-10-23(28)24(22)26(33)31-13-11-30(12-14-31)25(32)18-7-3-8-21(15-18)34-17-20-6-2-1-5-19(20)16-29/h1-10,15H,11-14,17H2. The topological polar surface area (TPSA) is 73.6 Å². The smallest absolute Gasteiger partial charge is 0.259 e. The average Bonchev–Trinajstić information content (AvgIpc) is 2.87. The van der Waals surface area contributed by atoms with E-state index in [1.54, 1.807) is 41.3 Å². The van der Waals surface area contributed by atoms with Gasteiger partial charge in [0.15, 0.2) is 0 Å². The summed E-state index contributed by atoms with van der Waals surface area (Å²) >= 11 is 0. The summed E-state index contributed by atoms with van der Waals surface area (Å²) in [5, 5.41) is 9.20. The Labute approximate surface area is 195 Å². The fraction of sp³-hybridized carbons (Fsp3) is 0.192. The number of carbonyl (C=O) groups excluding carboxylic acids is 2. The summed E-state index contributed by atoms with van der Waals surface area (Å²) in [6.07, 6.45) is 0. The zero-order valence-corrected chi connectivity index (χ0v) is 18.2. The van der Waals surface area contributed by atoms with Crippen molar-refractivity contribution in [3.05, 3.63) is 101 Å². The molecule has 0 atom stereocenters. The predicted octanol–water partition coefficient (Wildman–Crippen LogP) is 4.01. The van der Waals surface area contributed by atoms with E-state index in [4.69, 9.17) is 4.74 Å². The Bertz CT molecular complexity index is 1240. The van der Waals surface area contributed by atoms with Gasteiger partial charge in [-0.15, -0.1) is 0 Å². The van der Waals surface area contributed by atoms with E-state index in [2.05, 4.69) is 6.07 Å². The Hall–Kier alpha value is -4.25. The van der Waals surface area contributed by atoms with Crippen LogP contribution in [-0.4, -0.2) is 47.8 Å². The highest BCUT2D eigenvalue weighted by molar-refractivity contribution is 5.96. The first-order chi connectivity index (χ1) is 16.5. The molecule has 8 heteroatoms. The van der Waals surface area contributed by atoms with Crippen LogP contribution >= 0.6 is 0 Å². The minimum Gasteiger partial charge on any atom is -0.489 e. The monoisotopic (exact) mass is 461 g/mol. The number of benzene rings is 3. The van der Waals surface area contributed by atoms with Gasteiger partial charge in [-0.1, -0.05) is 30.3 Å². The Morgan fingerprint density at radius 1 is 0.853 bits per heavy atom. The maximum Gasteiger partial charge on any atom is 0.259 e. The first kappa shape index (κ1) is 22.9. The molecule has 0 bridgehead atoms. The van der Waals surface area contributed by atoms with Crippen LogP contribution in [0.1, 0.15) is 31.8 Å². The molecule has 1 aliphatic rings. The van der Waals surface area contributed by atoms with E-state index in [1.807, 2.05) is 12.1 Å².